The molecule has 0 bridgehead atoms. The summed E-state index contributed by atoms with van der Waals surface area (Å²) in [6.07, 6.45) is 1.47. The number of sulfonamides is 1. The van der Waals surface area contributed by atoms with Gasteiger partial charge in [-0.1, -0.05) is 18.2 Å². The van der Waals surface area contributed by atoms with Gasteiger partial charge in [0.25, 0.3) is 10.0 Å². The van der Waals surface area contributed by atoms with Crippen LogP contribution in [-0.2, 0) is 10.0 Å². The van der Waals surface area contributed by atoms with Crippen LogP contribution in [0.25, 0.3) is 10.9 Å². The first-order chi connectivity index (χ1) is 11.0. The molecular formula is C14H11F2N3O3S. The van der Waals surface area contributed by atoms with E-state index in [0.29, 0.717) is 10.9 Å². The molecule has 0 spiro atoms. The zero-order valence-corrected chi connectivity index (χ0v) is 12.3. The second-order valence-corrected chi connectivity index (χ2v) is 6.22. The fourth-order valence-electron chi connectivity index (χ4n) is 2.12. The summed E-state index contributed by atoms with van der Waals surface area (Å²) in [5, 5.41) is 7.11. The van der Waals surface area contributed by atoms with E-state index in [1.54, 1.807) is 18.2 Å². The zero-order valence-electron chi connectivity index (χ0n) is 11.5. The van der Waals surface area contributed by atoms with Crippen LogP contribution in [-0.4, -0.2) is 25.2 Å². The number of para-hydroxylation sites is 1. The van der Waals surface area contributed by atoms with Crippen LogP contribution >= 0.6 is 0 Å². The van der Waals surface area contributed by atoms with Crippen molar-refractivity contribution < 1.29 is 21.9 Å². The van der Waals surface area contributed by atoms with Crippen LogP contribution < -0.4 is 9.46 Å². The number of benzene rings is 2. The van der Waals surface area contributed by atoms with Gasteiger partial charge in [-0.05, 0) is 24.3 Å². The van der Waals surface area contributed by atoms with Crippen LogP contribution in [0.2, 0.25) is 0 Å². The SMILES string of the molecule is O=S(=O)(Nc1cccc2[nH]ncc12)c1ccccc1OC(F)F. The number of hydrogen-bond donors (Lipinski definition) is 2. The minimum Gasteiger partial charge on any atom is -0.433 e. The van der Waals surface area contributed by atoms with E-state index in [1.807, 2.05) is 0 Å². The molecule has 2 N–H and O–H groups in total. The van der Waals surface area contributed by atoms with Gasteiger partial charge in [0.2, 0.25) is 0 Å². The maximum Gasteiger partial charge on any atom is 0.387 e. The minimum absolute atomic E-state index is 0.281. The molecule has 0 unspecified atom stereocenters. The van der Waals surface area contributed by atoms with E-state index in [2.05, 4.69) is 19.7 Å². The van der Waals surface area contributed by atoms with Crippen molar-refractivity contribution in [1.82, 2.24) is 10.2 Å². The number of halogens is 2. The highest BCUT2D eigenvalue weighted by molar-refractivity contribution is 7.92. The number of nitrogens with zero attached hydrogens (tertiary/aromatic N) is 1. The summed E-state index contributed by atoms with van der Waals surface area (Å²) in [5.74, 6) is -0.422. The normalized spacial score (nSPS) is 11.8. The number of ether oxygens (including phenoxy) is 1. The maximum atomic E-state index is 12.5. The topological polar surface area (TPSA) is 84.1 Å². The average molecular weight is 339 g/mol. The van der Waals surface area contributed by atoms with E-state index in [4.69, 9.17) is 0 Å². The third-order valence-corrected chi connectivity index (χ3v) is 4.49. The van der Waals surface area contributed by atoms with Crippen molar-refractivity contribution >= 4 is 26.6 Å². The summed E-state index contributed by atoms with van der Waals surface area (Å²) in [7, 11) is -4.11. The Hall–Kier alpha value is -2.68. The standard InChI is InChI=1S/C14H11F2N3O3S/c15-14(16)22-12-6-1-2-7-13(12)23(20,21)19-11-5-3-4-10-9(11)8-17-18-10/h1-8,14,19H,(H,17,18). The van der Waals surface area contributed by atoms with E-state index < -0.39 is 22.4 Å². The summed E-state index contributed by atoms with van der Waals surface area (Å²) in [5.41, 5.74) is 0.922. The molecule has 0 atom stereocenters. The van der Waals surface area contributed by atoms with Gasteiger partial charge in [-0.25, -0.2) is 8.42 Å². The van der Waals surface area contributed by atoms with Gasteiger partial charge < -0.3 is 4.74 Å². The van der Waals surface area contributed by atoms with Gasteiger partial charge in [-0.15, -0.1) is 0 Å². The van der Waals surface area contributed by atoms with Gasteiger partial charge >= 0.3 is 6.61 Å². The monoisotopic (exact) mass is 339 g/mol. The third-order valence-electron chi connectivity index (χ3n) is 3.08. The minimum atomic E-state index is -4.11. The molecular weight excluding hydrogens is 328 g/mol. The van der Waals surface area contributed by atoms with Crippen molar-refractivity contribution in [2.75, 3.05) is 4.72 Å². The van der Waals surface area contributed by atoms with Crippen LogP contribution in [0, 0.1) is 0 Å². The molecule has 9 heteroatoms. The lowest BCUT2D eigenvalue weighted by atomic mass is 10.2. The lowest BCUT2D eigenvalue weighted by Gasteiger charge is -2.13. The highest BCUT2D eigenvalue weighted by atomic mass is 32.2. The molecule has 120 valence electrons. The smallest absolute Gasteiger partial charge is 0.387 e. The molecule has 3 rings (SSSR count). The van der Waals surface area contributed by atoms with Gasteiger partial charge in [-0.3, -0.25) is 9.82 Å². The number of alkyl halides is 2. The predicted molar refractivity (Wildman–Crippen MR) is 80.0 cm³/mol. The maximum absolute atomic E-state index is 12.5. The lowest BCUT2D eigenvalue weighted by Crippen LogP contribution is -2.15. The number of anilines is 1. The van der Waals surface area contributed by atoms with Gasteiger partial charge in [0.15, 0.2) is 0 Å². The Morgan fingerprint density at radius 2 is 1.91 bits per heavy atom. The van der Waals surface area contributed by atoms with E-state index >= 15 is 0 Å². The summed E-state index contributed by atoms with van der Waals surface area (Å²) in [6.45, 7) is -3.12. The van der Waals surface area contributed by atoms with Gasteiger partial charge in [-0.2, -0.15) is 13.9 Å². The first-order valence-electron chi connectivity index (χ1n) is 6.46. The van der Waals surface area contributed by atoms with Crippen LogP contribution in [0.5, 0.6) is 5.75 Å². The van der Waals surface area contributed by atoms with Gasteiger partial charge in [0, 0.05) is 5.39 Å². The van der Waals surface area contributed by atoms with E-state index in [-0.39, 0.29) is 10.6 Å². The number of rotatable bonds is 5. The van der Waals surface area contributed by atoms with E-state index in [1.165, 1.54) is 30.5 Å². The largest absolute Gasteiger partial charge is 0.433 e. The van der Waals surface area contributed by atoms with Gasteiger partial charge in [0.05, 0.1) is 17.4 Å². The molecule has 1 aromatic heterocycles. The molecule has 6 nitrogen and oxygen atoms in total. The van der Waals surface area contributed by atoms with Crippen molar-refractivity contribution in [2.24, 2.45) is 0 Å². The molecule has 0 radical (unpaired) electrons. The molecule has 0 aliphatic heterocycles. The number of aromatic nitrogens is 2. The number of hydrogen-bond acceptors (Lipinski definition) is 4. The van der Waals surface area contributed by atoms with Crippen LogP contribution in [0.3, 0.4) is 0 Å². The first kappa shape index (κ1) is 15.2. The first-order valence-corrected chi connectivity index (χ1v) is 7.94. The second kappa shape index (κ2) is 5.84. The summed E-state index contributed by atoms with van der Waals surface area (Å²) < 4.78 is 56.5. The molecule has 0 saturated carbocycles. The molecule has 0 aliphatic rings. The second-order valence-electron chi connectivity index (χ2n) is 4.57. The quantitative estimate of drug-likeness (QED) is 0.748. The Kier molecular flexibility index (Phi) is 3.87. The Morgan fingerprint density at radius 3 is 2.70 bits per heavy atom. The molecule has 1 heterocycles. The Bertz CT molecular complexity index is 941. The van der Waals surface area contributed by atoms with Crippen LogP contribution in [0.4, 0.5) is 14.5 Å². The number of nitrogens with one attached hydrogen (secondary N) is 2. The summed E-state index contributed by atoms with van der Waals surface area (Å²) in [6, 6.07) is 10.1. The number of fused-ring (bicyclic) bond motifs is 1. The van der Waals surface area contributed by atoms with Gasteiger partial charge in [0.1, 0.15) is 10.6 Å². The number of H-pyrrole nitrogens is 1. The van der Waals surface area contributed by atoms with Crippen molar-refractivity contribution in [1.29, 1.82) is 0 Å². The summed E-state index contributed by atoms with van der Waals surface area (Å²) >= 11 is 0. The Morgan fingerprint density at radius 1 is 1.13 bits per heavy atom. The predicted octanol–water partition coefficient (Wildman–Crippen LogP) is 2.97. The lowest BCUT2D eigenvalue weighted by molar-refractivity contribution is -0.0517. The summed E-state index contributed by atoms with van der Waals surface area (Å²) in [4.78, 5) is -0.374. The third kappa shape index (κ3) is 3.09. The average Bonchev–Trinajstić information content (AvgIpc) is 2.96. The molecule has 0 amide bonds. The Balaban J connectivity index is 2.01. The van der Waals surface area contributed by atoms with Crippen LogP contribution in [0.15, 0.2) is 53.6 Å². The molecule has 2 aromatic carbocycles. The molecule has 0 aliphatic carbocycles. The van der Waals surface area contributed by atoms with Crippen LogP contribution in [0.1, 0.15) is 0 Å². The van der Waals surface area contributed by atoms with E-state index in [9.17, 15) is 17.2 Å². The highest BCUT2D eigenvalue weighted by Gasteiger charge is 2.22. The fourth-order valence-corrected chi connectivity index (χ4v) is 3.34. The molecule has 0 fully saturated rings. The fraction of sp³-hybridized carbons (Fsp3) is 0.0714. The molecule has 23 heavy (non-hydrogen) atoms. The molecule has 0 saturated heterocycles. The number of aromatic amines is 1. The van der Waals surface area contributed by atoms with Crippen molar-refractivity contribution in [3.05, 3.63) is 48.7 Å². The van der Waals surface area contributed by atoms with Crippen molar-refractivity contribution in [2.45, 2.75) is 11.5 Å². The highest BCUT2D eigenvalue weighted by Crippen LogP contribution is 2.29. The zero-order chi connectivity index (χ0) is 16.4. The van der Waals surface area contributed by atoms with Crippen molar-refractivity contribution in [3.8, 4) is 5.75 Å². The Labute approximate surface area is 130 Å². The molecule has 3 aromatic rings. The van der Waals surface area contributed by atoms with Crippen molar-refractivity contribution in [3.63, 3.8) is 0 Å². The van der Waals surface area contributed by atoms with E-state index in [0.717, 1.165) is 0 Å².